The Kier molecular flexibility index (Phi) is 2.60. The first kappa shape index (κ1) is 9.98. The van der Waals surface area contributed by atoms with Gasteiger partial charge in [-0.15, -0.1) is 20.4 Å². The fourth-order valence-corrected chi connectivity index (χ4v) is 1.30. The molecule has 0 fully saturated rings. The van der Waals surface area contributed by atoms with E-state index in [-0.39, 0.29) is 0 Å². The van der Waals surface area contributed by atoms with Crippen LogP contribution in [0.25, 0.3) is 11.4 Å². The van der Waals surface area contributed by atoms with Crippen LogP contribution in [0.1, 0.15) is 11.4 Å². The van der Waals surface area contributed by atoms with Crippen molar-refractivity contribution in [3.05, 3.63) is 34.6 Å². The summed E-state index contributed by atoms with van der Waals surface area (Å²) in [5, 5.41) is 16.3. The van der Waals surface area contributed by atoms with Gasteiger partial charge >= 0.3 is 0 Å². The molecule has 1 aromatic carbocycles. The first-order chi connectivity index (χ1) is 7.16. The van der Waals surface area contributed by atoms with Crippen LogP contribution in [-0.2, 0) is 0 Å². The summed E-state index contributed by atoms with van der Waals surface area (Å²) in [6.45, 7) is 3.68. The van der Waals surface area contributed by atoms with Crippen molar-refractivity contribution in [3.8, 4) is 11.4 Å². The maximum absolute atomic E-state index is 5.92. The Morgan fingerprint density at radius 3 is 2.27 bits per heavy atom. The Morgan fingerprint density at radius 1 is 1.00 bits per heavy atom. The molecule has 0 bridgehead atoms. The number of aromatic nitrogens is 4. The van der Waals surface area contributed by atoms with Crippen LogP contribution in [0, 0.1) is 13.8 Å². The molecule has 0 N–H and O–H groups in total. The summed E-state index contributed by atoms with van der Waals surface area (Å²) in [5.74, 6) is 1.07. The molecule has 15 heavy (non-hydrogen) atoms. The average Bonchev–Trinajstić information content (AvgIpc) is 2.23. The number of benzene rings is 1. The van der Waals surface area contributed by atoms with E-state index < -0.39 is 0 Å². The molecular weight excluding hydrogens is 212 g/mol. The van der Waals surface area contributed by atoms with Crippen LogP contribution in [0.3, 0.4) is 0 Å². The highest BCUT2D eigenvalue weighted by atomic mass is 35.5. The zero-order valence-electron chi connectivity index (χ0n) is 8.40. The van der Waals surface area contributed by atoms with E-state index in [1.54, 1.807) is 6.92 Å². The molecule has 0 saturated heterocycles. The van der Waals surface area contributed by atoms with Gasteiger partial charge in [0.1, 0.15) is 0 Å². The Labute approximate surface area is 92.3 Å². The first-order valence-corrected chi connectivity index (χ1v) is 4.85. The van der Waals surface area contributed by atoms with Gasteiger partial charge in [0.15, 0.2) is 5.82 Å². The van der Waals surface area contributed by atoms with E-state index >= 15 is 0 Å². The van der Waals surface area contributed by atoms with Gasteiger partial charge in [0.25, 0.3) is 0 Å². The number of rotatable bonds is 1. The lowest BCUT2D eigenvalue weighted by Crippen LogP contribution is -1.98. The summed E-state index contributed by atoms with van der Waals surface area (Å²) in [5.41, 5.74) is 1.86. The molecule has 0 amide bonds. The number of hydrogen-bond donors (Lipinski definition) is 0. The summed E-state index contributed by atoms with van der Waals surface area (Å²) in [6.07, 6.45) is 0. The Bertz CT molecular complexity index is 481. The highest BCUT2D eigenvalue weighted by Gasteiger charge is 2.04. The van der Waals surface area contributed by atoms with Gasteiger partial charge in [0.2, 0.25) is 5.82 Å². The Hall–Kier alpha value is -1.55. The monoisotopic (exact) mass is 220 g/mol. The summed E-state index contributed by atoms with van der Waals surface area (Å²) < 4.78 is 0. The molecule has 4 nitrogen and oxygen atoms in total. The molecule has 0 aliphatic rings. The molecule has 0 saturated carbocycles. The minimum Gasteiger partial charge on any atom is -0.131 e. The highest BCUT2D eigenvalue weighted by molar-refractivity contribution is 6.31. The lowest BCUT2D eigenvalue weighted by molar-refractivity contribution is 0.816. The molecule has 76 valence electrons. The molecule has 5 heteroatoms. The molecule has 0 aliphatic carbocycles. The normalized spacial score (nSPS) is 10.3. The second kappa shape index (κ2) is 3.90. The molecule has 0 unspecified atom stereocenters. The molecule has 2 aromatic rings. The highest BCUT2D eigenvalue weighted by Crippen LogP contribution is 2.21. The van der Waals surface area contributed by atoms with Gasteiger partial charge in [-0.1, -0.05) is 11.6 Å². The third-order valence-corrected chi connectivity index (χ3v) is 2.42. The predicted molar refractivity (Wildman–Crippen MR) is 57.5 cm³/mol. The van der Waals surface area contributed by atoms with Crippen LogP contribution < -0.4 is 0 Å². The molecular formula is C10H9ClN4. The Morgan fingerprint density at radius 2 is 1.67 bits per heavy atom. The van der Waals surface area contributed by atoms with Gasteiger partial charge in [-0.2, -0.15) is 0 Å². The lowest BCUT2D eigenvalue weighted by Gasteiger charge is -2.01. The number of hydrogen-bond acceptors (Lipinski definition) is 4. The summed E-state index contributed by atoms with van der Waals surface area (Å²) >= 11 is 5.92. The van der Waals surface area contributed by atoms with E-state index in [4.69, 9.17) is 11.6 Å². The maximum Gasteiger partial charge on any atom is 0.203 e. The van der Waals surface area contributed by atoms with Crippen molar-refractivity contribution in [2.24, 2.45) is 0 Å². The van der Waals surface area contributed by atoms with E-state index in [2.05, 4.69) is 20.4 Å². The van der Waals surface area contributed by atoms with Gasteiger partial charge in [0.05, 0.1) is 0 Å². The van der Waals surface area contributed by atoms with Gasteiger partial charge in [-0.25, -0.2) is 0 Å². The summed E-state index contributed by atoms with van der Waals surface area (Å²) in [4.78, 5) is 0. The lowest BCUT2D eigenvalue weighted by atomic mass is 10.1. The molecule has 0 radical (unpaired) electrons. The quantitative estimate of drug-likeness (QED) is 0.740. The van der Waals surface area contributed by atoms with Gasteiger partial charge < -0.3 is 0 Å². The van der Waals surface area contributed by atoms with E-state index in [0.717, 1.165) is 16.1 Å². The smallest absolute Gasteiger partial charge is 0.131 e. The van der Waals surface area contributed by atoms with Crippen LogP contribution in [0.15, 0.2) is 18.2 Å². The molecule has 0 spiro atoms. The van der Waals surface area contributed by atoms with Crippen molar-refractivity contribution in [2.75, 3.05) is 0 Å². The van der Waals surface area contributed by atoms with Gasteiger partial charge in [-0.05, 0) is 37.6 Å². The van der Waals surface area contributed by atoms with Gasteiger partial charge in [-0.3, -0.25) is 0 Å². The second-order valence-corrected chi connectivity index (χ2v) is 3.64. The number of aryl methyl sites for hydroxylation is 2. The largest absolute Gasteiger partial charge is 0.203 e. The SMILES string of the molecule is Cc1nnc(-c2ccc(Cl)c(C)c2)nn1. The minimum absolute atomic E-state index is 0.514. The van der Waals surface area contributed by atoms with Gasteiger partial charge in [0, 0.05) is 10.6 Å². The van der Waals surface area contributed by atoms with E-state index in [1.165, 1.54) is 0 Å². The van der Waals surface area contributed by atoms with Crippen molar-refractivity contribution >= 4 is 11.6 Å². The van der Waals surface area contributed by atoms with E-state index in [9.17, 15) is 0 Å². The molecule has 0 aliphatic heterocycles. The molecule has 0 atom stereocenters. The minimum atomic E-state index is 0.514. The molecule has 2 rings (SSSR count). The number of nitrogens with zero attached hydrogens (tertiary/aromatic N) is 4. The van der Waals surface area contributed by atoms with Crippen LogP contribution in [0.4, 0.5) is 0 Å². The van der Waals surface area contributed by atoms with Crippen LogP contribution in [-0.4, -0.2) is 20.4 Å². The first-order valence-electron chi connectivity index (χ1n) is 4.47. The standard InChI is InChI=1S/C10H9ClN4/c1-6-5-8(3-4-9(6)11)10-14-12-7(2)13-15-10/h3-5H,1-2H3. The average molecular weight is 221 g/mol. The van der Waals surface area contributed by atoms with Crippen molar-refractivity contribution in [1.29, 1.82) is 0 Å². The van der Waals surface area contributed by atoms with Crippen molar-refractivity contribution < 1.29 is 0 Å². The summed E-state index contributed by atoms with van der Waals surface area (Å²) in [7, 11) is 0. The third kappa shape index (κ3) is 2.10. The van der Waals surface area contributed by atoms with Crippen molar-refractivity contribution in [2.45, 2.75) is 13.8 Å². The maximum atomic E-state index is 5.92. The predicted octanol–water partition coefficient (Wildman–Crippen LogP) is 2.20. The third-order valence-electron chi connectivity index (χ3n) is 2.00. The second-order valence-electron chi connectivity index (χ2n) is 3.23. The topological polar surface area (TPSA) is 51.6 Å². The zero-order chi connectivity index (χ0) is 10.8. The summed E-state index contributed by atoms with van der Waals surface area (Å²) in [6, 6.07) is 5.58. The Balaban J connectivity index is 2.45. The number of halogens is 1. The molecule has 1 aromatic heterocycles. The fourth-order valence-electron chi connectivity index (χ4n) is 1.18. The van der Waals surface area contributed by atoms with E-state index in [0.29, 0.717) is 11.6 Å². The van der Waals surface area contributed by atoms with Crippen molar-refractivity contribution in [1.82, 2.24) is 20.4 Å². The fraction of sp³-hybridized carbons (Fsp3) is 0.200. The van der Waals surface area contributed by atoms with E-state index in [1.807, 2.05) is 25.1 Å². The van der Waals surface area contributed by atoms with Crippen molar-refractivity contribution in [3.63, 3.8) is 0 Å². The zero-order valence-corrected chi connectivity index (χ0v) is 9.15. The van der Waals surface area contributed by atoms with Crippen LogP contribution in [0.2, 0.25) is 5.02 Å². The van der Waals surface area contributed by atoms with Crippen LogP contribution >= 0.6 is 11.6 Å². The van der Waals surface area contributed by atoms with Crippen LogP contribution in [0.5, 0.6) is 0 Å². The molecule has 1 heterocycles.